The molecule has 5 heteroatoms. The predicted molar refractivity (Wildman–Crippen MR) is 73.0 cm³/mol. The van der Waals surface area contributed by atoms with Crippen molar-refractivity contribution in [1.82, 2.24) is 0 Å². The molecule has 1 rings (SSSR count). The summed E-state index contributed by atoms with van der Waals surface area (Å²) in [5.41, 5.74) is 7.24. The second-order valence-corrected chi connectivity index (χ2v) is 4.45. The van der Waals surface area contributed by atoms with Gasteiger partial charge in [-0.1, -0.05) is 0 Å². The fourth-order valence-corrected chi connectivity index (χ4v) is 1.55. The fourth-order valence-electron chi connectivity index (χ4n) is 1.55. The Morgan fingerprint density at radius 3 is 2.67 bits per heavy atom. The summed E-state index contributed by atoms with van der Waals surface area (Å²) in [6, 6.07) is 5.43. The van der Waals surface area contributed by atoms with Crippen molar-refractivity contribution in [2.75, 3.05) is 31.3 Å². The maximum absolute atomic E-state index is 9.54. The van der Waals surface area contributed by atoms with E-state index in [1.165, 1.54) is 0 Å². The van der Waals surface area contributed by atoms with E-state index in [0.29, 0.717) is 24.6 Å². The van der Waals surface area contributed by atoms with Crippen LogP contribution in [0, 0.1) is 0 Å². The molecule has 0 aliphatic heterocycles. The van der Waals surface area contributed by atoms with Gasteiger partial charge in [0.1, 0.15) is 5.75 Å². The van der Waals surface area contributed by atoms with Crippen molar-refractivity contribution < 1.29 is 14.6 Å². The molecule has 102 valence electrons. The Labute approximate surface area is 108 Å². The summed E-state index contributed by atoms with van der Waals surface area (Å²) >= 11 is 0. The van der Waals surface area contributed by atoms with Gasteiger partial charge in [-0.15, -0.1) is 0 Å². The molecule has 1 aromatic carbocycles. The van der Waals surface area contributed by atoms with Crippen LogP contribution >= 0.6 is 0 Å². The number of hydrogen-bond acceptors (Lipinski definition) is 5. The van der Waals surface area contributed by atoms with Gasteiger partial charge >= 0.3 is 0 Å². The summed E-state index contributed by atoms with van der Waals surface area (Å²) in [6.07, 6.45) is -0.454. The van der Waals surface area contributed by atoms with Crippen molar-refractivity contribution in [3.63, 3.8) is 0 Å². The van der Waals surface area contributed by atoms with Crippen LogP contribution in [0.15, 0.2) is 18.2 Å². The Kier molecular flexibility index (Phi) is 5.74. The molecule has 5 nitrogen and oxygen atoms in total. The lowest BCUT2D eigenvalue weighted by Gasteiger charge is -2.15. The highest BCUT2D eigenvalue weighted by Gasteiger charge is 2.05. The van der Waals surface area contributed by atoms with E-state index in [1.807, 2.05) is 19.9 Å². The average Bonchev–Trinajstić information content (AvgIpc) is 2.25. The van der Waals surface area contributed by atoms with Gasteiger partial charge in [0, 0.05) is 37.2 Å². The first-order valence-corrected chi connectivity index (χ1v) is 5.99. The van der Waals surface area contributed by atoms with Crippen LogP contribution in [0.2, 0.25) is 0 Å². The lowest BCUT2D eigenvalue weighted by Crippen LogP contribution is -2.24. The standard InChI is InChI=1S/C13H22N2O3/c1-9(2)18-13-5-10(14)4-11(6-13)15-7-12(16)8-17-3/h4-6,9,12,15-16H,7-8,14H2,1-3H3. The van der Waals surface area contributed by atoms with Crippen LogP contribution in [0.3, 0.4) is 0 Å². The normalized spacial score (nSPS) is 12.5. The summed E-state index contributed by atoms with van der Waals surface area (Å²) < 4.78 is 10.4. The molecule has 0 bridgehead atoms. The molecule has 0 fully saturated rings. The monoisotopic (exact) mass is 254 g/mol. The van der Waals surface area contributed by atoms with Crippen LogP contribution in [-0.2, 0) is 4.74 Å². The molecule has 0 spiro atoms. The number of rotatable bonds is 7. The van der Waals surface area contributed by atoms with E-state index < -0.39 is 6.10 Å². The molecule has 0 aromatic heterocycles. The fraction of sp³-hybridized carbons (Fsp3) is 0.538. The minimum absolute atomic E-state index is 0.0960. The number of hydrogen-bond donors (Lipinski definition) is 3. The van der Waals surface area contributed by atoms with Crippen molar-refractivity contribution in [1.29, 1.82) is 0 Å². The number of ether oxygens (including phenoxy) is 2. The summed E-state index contributed by atoms with van der Waals surface area (Å²) in [7, 11) is 1.55. The van der Waals surface area contributed by atoms with Crippen molar-refractivity contribution in [2.24, 2.45) is 0 Å². The number of benzene rings is 1. The molecular weight excluding hydrogens is 232 g/mol. The number of aliphatic hydroxyl groups excluding tert-OH is 1. The van der Waals surface area contributed by atoms with Gasteiger partial charge in [0.15, 0.2) is 0 Å². The minimum Gasteiger partial charge on any atom is -0.491 e. The molecule has 0 aliphatic rings. The number of nitrogen functional groups attached to an aromatic ring is 1. The third kappa shape index (κ3) is 5.25. The topological polar surface area (TPSA) is 76.7 Å². The highest BCUT2D eigenvalue weighted by molar-refractivity contribution is 5.59. The average molecular weight is 254 g/mol. The minimum atomic E-state index is -0.550. The van der Waals surface area contributed by atoms with Crippen LogP contribution in [-0.4, -0.2) is 37.6 Å². The van der Waals surface area contributed by atoms with E-state index in [1.54, 1.807) is 19.2 Å². The molecule has 0 aliphatic carbocycles. The third-order valence-electron chi connectivity index (χ3n) is 2.20. The molecule has 0 radical (unpaired) electrons. The summed E-state index contributed by atoms with van der Waals surface area (Å²) in [4.78, 5) is 0. The largest absolute Gasteiger partial charge is 0.491 e. The van der Waals surface area contributed by atoms with Gasteiger partial charge in [0.2, 0.25) is 0 Å². The lowest BCUT2D eigenvalue weighted by molar-refractivity contribution is 0.0727. The number of nitrogens with one attached hydrogen (secondary N) is 1. The van der Waals surface area contributed by atoms with Gasteiger partial charge in [0.05, 0.1) is 18.8 Å². The number of nitrogens with two attached hydrogens (primary N) is 1. The first-order valence-electron chi connectivity index (χ1n) is 5.99. The Balaban J connectivity index is 2.62. The molecule has 1 unspecified atom stereocenters. The first kappa shape index (κ1) is 14.6. The van der Waals surface area contributed by atoms with E-state index in [0.717, 1.165) is 5.69 Å². The first-order chi connectivity index (χ1) is 8.51. The zero-order valence-corrected chi connectivity index (χ0v) is 11.1. The Morgan fingerprint density at radius 2 is 2.06 bits per heavy atom. The molecule has 1 atom stereocenters. The Morgan fingerprint density at radius 1 is 1.33 bits per heavy atom. The van der Waals surface area contributed by atoms with Gasteiger partial charge < -0.3 is 25.6 Å². The summed E-state index contributed by atoms with van der Waals surface area (Å²) in [6.45, 7) is 4.61. The molecule has 0 saturated heterocycles. The Bertz CT molecular complexity index is 369. The van der Waals surface area contributed by atoms with E-state index in [4.69, 9.17) is 15.2 Å². The van der Waals surface area contributed by atoms with Gasteiger partial charge in [0.25, 0.3) is 0 Å². The van der Waals surface area contributed by atoms with E-state index in [2.05, 4.69) is 5.32 Å². The molecule has 0 amide bonds. The second kappa shape index (κ2) is 7.08. The van der Waals surface area contributed by atoms with E-state index in [9.17, 15) is 5.11 Å². The summed E-state index contributed by atoms with van der Waals surface area (Å²) in [5.74, 6) is 0.716. The van der Waals surface area contributed by atoms with Crippen molar-refractivity contribution >= 4 is 11.4 Å². The van der Waals surface area contributed by atoms with Crippen LogP contribution in [0.25, 0.3) is 0 Å². The second-order valence-electron chi connectivity index (χ2n) is 4.45. The number of aliphatic hydroxyl groups is 1. The smallest absolute Gasteiger partial charge is 0.123 e. The molecular formula is C13H22N2O3. The quantitative estimate of drug-likeness (QED) is 0.642. The zero-order valence-electron chi connectivity index (χ0n) is 11.1. The molecule has 0 saturated carbocycles. The van der Waals surface area contributed by atoms with Crippen LogP contribution in [0.4, 0.5) is 11.4 Å². The third-order valence-corrected chi connectivity index (χ3v) is 2.20. The van der Waals surface area contributed by atoms with Crippen LogP contribution in [0.1, 0.15) is 13.8 Å². The Hall–Kier alpha value is -1.46. The van der Waals surface area contributed by atoms with E-state index >= 15 is 0 Å². The van der Waals surface area contributed by atoms with Gasteiger partial charge in [-0.3, -0.25) is 0 Å². The van der Waals surface area contributed by atoms with Gasteiger partial charge in [-0.2, -0.15) is 0 Å². The van der Waals surface area contributed by atoms with Gasteiger partial charge in [-0.25, -0.2) is 0 Å². The SMILES string of the molecule is COCC(O)CNc1cc(N)cc(OC(C)C)c1. The maximum atomic E-state index is 9.54. The van der Waals surface area contributed by atoms with Crippen molar-refractivity contribution in [3.05, 3.63) is 18.2 Å². The summed E-state index contributed by atoms with van der Waals surface area (Å²) in [5, 5.41) is 12.6. The molecule has 18 heavy (non-hydrogen) atoms. The highest BCUT2D eigenvalue weighted by Crippen LogP contribution is 2.23. The van der Waals surface area contributed by atoms with Crippen molar-refractivity contribution in [2.45, 2.75) is 26.1 Å². The van der Waals surface area contributed by atoms with Crippen LogP contribution < -0.4 is 15.8 Å². The van der Waals surface area contributed by atoms with Crippen LogP contribution in [0.5, 0.6) is 5.75 Å². The van der Waals surface area contributed by atoms with Gasteiger partial charge in [-0.05, 0) is 19.9 Å². The lowest BCUT2D eigenvalue weighted by atomic mass is 10.2. The zero-order chi connectivity index (χ0) is 13.5. The highest BCUT2D eigenvalue weighted by atomic mass is 16.5. The molecule has 1 aromatic rings. The predicted octanol–water partition coefficient (Wildman–Crippen LogP) is 1.48. The molecule has 4 N–H and O–H groups in total. The van der Waals surface area contributed by atoms with E-state index in [-0.39, 0.29) is 6.10 Å². The number of methoxy groups -OCH3 is 1. The maximum Gasteiger partial charge on any atom is 0.123 e. The van der Waals surface area contributed by atoms with Crippen molar-refractivity contribution in [3.8, 4) is 5.75 Å². The molecule has 0 heterocycles. The number of anilines is 2.